The van der Waals surface area contributed by atoms with Crippen LogP contribution in [0.2, 0.25) is 0 Å². The zero-order valence-corrected chi connectivity index (χ0v) is 15.7. The quantitative estimate of drug-likeness (QED) is 0.828. The van der Waals surface area contributed by atoms with Crippen molar-refractivity contribution in [3.8, 4) is 5.75 Å². The second-order valence-electron chi connectivity index (χ2n) is 5.80. The Morgan fingerprint density at radius 2 is 2.00 bits per heavy atom. The lowest BCUT2D eigenvalue weighted by molar-refractivity contribution is -0.115. The number of benzene rings is 2. The van der Waals surface area contributed by atoms with Crippen molar-refractivity contribution in [1.29, 1.82) is 0 Å². The molecule has 2 aromatic rings. The van der Waals surface area contributed by atoms with E-state index in [0.29, 0.717) is 13.2 Å². The van der Waals surface area contributed by atoms with Crippen molar-refractivity contribution in [2.75, 3.05) is 43.6 Å². The zero-order chi connectivity index (χ0) is 17.6. The second-order valence-corrected chi connectivity index (χ2v) is 6.71. The highest BCUT2D eigenvalue weighted by atomic mass is 79.9. The van der Waals surface area contributed by atoms with Gasteiger partial charge in [-0.05, 0) is 24.3 Å². The monoisotopic (exact) mass is 404 g/mol. The summed E-state index contributed by atoms with van der Waals surface area (Å²) in [5.74, 6) is 0.650. The molecule has 1 aliphatic heterocycles. The summed E-state index contributed by atoms with van der Waals surface area (Å²) in [5, 5.41) is 3.04. The number of nitrogens with one attached hydrogen (secondary N) is 1. The van der Waals surface area contributed by atoms with Crippen LogP contribution in [0.25, 0.3) is 0 Å². The molecule has 0 atom stereocenters. The van der Waals surface area contributed by atoms with Crippen molar-refractivity contribution in [2.24, 2.45) is 0 Å². The fourth-order valence-corrected chi connectivity index (χ4v) is 3.27. The first kappa shape index (κ1) is 17.8. The molecule has 0 aliphatic carbocycles. The minimum Gasteiger partial charge on any atom is -0.496 e. The molecule has 5 nitrogen and oxygen atoms in total. The highest BCUT2D eigenvalue weighted by Crippen LogP contribution is 2.30. The van der Waals surface area contributed by atoms with Gasteiger partial charge in [-0.3, -0.25) is 4.79 Å². The zero-order valence-electron chi connectivity index (χ0n) is 14.1. The molecule has 25 heavy (non-hydrogen) atoms. The molecule has 1 aliphatic rings. The van der Waals surface area contributed by atoms with Crippen LogP contribution in [0.5, 0.6) is 5.75 Å². The number of anilines is 2. The van der Waals surface area contributed by atoms with Gasteiger partial charge >= 0.3 is 0 Å². The maximum Gasteiger partial charge on any atom is 0.228 e. The lowest BCUT2D eigenvalue weighted by Crippen LogP contribution is -2.36. The van der Waals surface area contributed by atoms with E-state index in [-0.39, 0.29) is 12.3 Å². The number of halogens is 1. The summed E-state index contributed by atoms with van der Waals surface area (Å²) in [4.78, 5) is 14.8. The summed E-state index contributed by atoms with van der Waals surface area (Å²) < 4.78 is 11.7. The van der Waals surface area contributed by atoms with Crippen LogP contribution in [-0.2, 0) is 16.0 Å². The fourth-order valence-electron chi connectivity index (χ4n) is 2.90. The molecule has 1 N–H and O–H groups in total. The average molecular weight is 405 g/mol. The van der Waals surface area contributed by atoms with Crippen molar-refractivity contribution < 1.29 is 14.3 Å². The number of hydrogen-bond donors (Lipinski definition) is 1. The van der Waals surface area contributed by atoms with Crippen molar-refractivity contribution >= 4 is 33.2 Å². The predicted octanol–water partition coefficient (Wildman–Crippen LogP) is 3.48. The predicted molar refractivity (Wildman–Crippen MR) is 103 cm³/mol. The van der Waals surface area contributed by atoms with E-state index in [0.717, 1.165) is 40.2 Å². The molecule has 3 rings (SSSR count). The summed E-state index contributed by atoms with van der Waals surface area (Å²) in [6.45, 7) is 3.03. The van der Waals surface area contributed by atoms with E-state index in [1.165, 1.54) is 0 Å². The van der Waals surface area contributed by atoms with Gasteiger partial charge in [-0.1, -0.05) is 34.1 Å². The Kier molecular flexibility index (Phi) is 5.94. The van der Waals surface area contributed by atoms with E-state index in [1.54, 1.807) is 7.11 Å². The van der Waals surface area contributed by atoms with Gasteiger partial charge in [-0.2, -0.15) is 0 Å². The summed E-state index contributed by atoms with van der Waals surface area (Å²) in [6.07, 6.45) is 0.263. The number of carbonyl (C=O) groups is 1. The molecule has 1 heterocycles. The van der Waals surface area contributed by atoms with Gasteiger partial charge in [0.25, 0.3) is 0 Å². The van der Waals surface area contributed by atoms with Crippen LogP contribution >= 0.6 is 15.9 Å². The summed E-state index contributed by atoms with van der Waals surface area (Å²) in [7, 11) is 1.61. The van der Waals surface area contributed by atoms with Crippen LogP contribution in [-0.4, -0.2) is 39.3 Å². The van der Waals surface area contributed by atoms with Crippen LogP contribution < -0.4 is 15.0 Å². The van der Waals surface area contributed by atoms with Crippen LogP contribution in [0.3, 0.4) is 0 Å². The molecule has 0 bridgehead atoms. The molecule has 1 fully saturated rings. The Morgan fingerprint density at radius 1 is 1.24 bits per heavy atom. The maximum atomic E-state index is 12.6. The molecular formula is C19H21BrN2O3. The van der Waals surface area contributed by atoms with Crippen molar-refractivity contribution in [3.63, 3.8) is 0 Å². The van der Waals surface area contributed by atoms with E-state index in [9.17, 15) is 4.79 Å². The highest BCUT2D eigenvalue weighted by molar-refractivity contribution is 9.10. The Balaban J connectivity index is 1.77. The molecule has 1 amide bonds. The minimum absolute atomic E-state index is 0.0721. The van der Waals surface area contributed by atoms with Crippen molar-refractivity contribution in [3.05, 3.63) is 52.5 Å². The van der Waals surface area contributed by atoms with Crippen LogP contribution in [0.4, 0.5) is 11.4 Å². The SMILES string of the molecule is COc1ccccc1CC(=O)Nc1cc(Br)ccc1N1CCOCC1. The topological polar surface area (TPSA) is 50.8 Å². The minimum atomic E-state index is -0.0721. The van der Waals surface area contributed by atoms with Gasteiger partial charge in [0.05, 0.1) is 38.1 Å². The Hall–Kier alpha value is -2.05. The van der Waals surface area contributed by atoms with Gasteiger partial charge in [0, 0.05) is 23.1 Å². The van der Waals surface area contributed by atoms with Gasteiger partial charge in [-0.15, -0.1) is 0 Å². The van der Waals surface area contributed by atoms with Crippen LogP contribution in [0.1, 0.15) is 5.56 Å². The number of hydrogen-bond acceptors (Lipinski definition) is 4. The third kappa shape index (κ3) is 4.52. The van der Waals surface area contributed by atoms with Gasteiger partial charge in [0.1, 0.15) is 5.75 Å². The second kappa shape index (κ2) is 8.36. The number of methoxy groups -OCH3 is 1. The van der Waals surface area contributed by atoms with E-state index >= 15 is 0 Å². The number of morpholine rings is 1. The largest absolute Gasteiger partial charge is 0.496 e. The first-order valence-corrected chi connectivity index (χ1v) is 9.00. The van der Waals surface area contributed by atoms with Gasteiger partial charge in [0.2, 0.25) is 5.91 Å². The molecular weight excluding hydrogens is 384 g/mol. The van der Waals surface area contributed by atoms with Crippen molar-refractivity contribution in [1.82, 2.24) is 0 Å². The Morgan fingerprint density at radius 3 is 2.76 bits per heavy atom. The molecule has 0 saturated carbocycles. The number of nitrogens with zero attached hydrogens (tertiary/aromatic N) is 1. The van der Waals surface area contributed by atoms with E-state index in [1.807, 2.05) is 42.5 Å². The Bertz CT molecular complexity index is 745. The van der Waals surface area contributed by atoms with Crippen LogP contribution in [0.15, 0.2) is 46.9 Å². The van der Waals surface area contributed by atoms with Crippen molar-refractivity contribution in [2.45, 2.75) is 6.42 Å². The molecule has 6 heteroatoms. The maximum absolute atomic E-state index is 12.6. The molecule has 0 unspecified atom stereocenters. The first-order chi connectivity index (χ1) is 12.2. The van der Waals surface area contributed by atoms with Gasteiger partial charge in [0.15, 0.2) is 0 Å². The van der Waals surface area contributed by atoms with E-state index < -0.39 is 0 Å². The summed E-state index contributed by atoms with van der Waals surface area (Å²) in [6, 6.07) is 13.5. The standard InChI is InChI=1S/C19H21BrN2O3/c1-24-18-5-3-2-4-14(18)12-19(23)21-16-13-15(20)6-7-17(16)22-8-10-25-11-9-22/h2-7,13H,8-12H2,1H3,(H,21,23). The summed E-state index contributed by atoms with van der Waals surface area (Å²) in [5.41, 5.74) is 2.68. The normalized spacial score (nSPS) is 14.2. The highest BCUT2D eigenvalue weighted by Gasteiger charge is 2.17. The van der Waals surface area contributed by atoms with Gasteiger partial charge < -0.3 is 19.7 Å². The third-order valence-electron chi connectivity index (χ3n) is 4.13. The average Bonchev–Trinajstić information content (AvgIpc) is 2.63. The Labute approximate surface area is 156 Å². The van der Waals surface area contributed by atoms with E-state index in [4.69, 9.17) is 9.47 Å². The lowest BCUT2D eigenvalue weighted by atomic mass is 10.1. The molecule has 2 aromatic carbocycles. The molecule has 0 spiro atoms. The number of amides is 1. The molecule has 0 radical (unpaired) electrons. The molecule has 0 aromatic heterocycles. The number of rotatable bonds is 5. The number of ether oxygens (including phenoxy) is 2. The smallest absolute Gasteiger partial charge is 0.228 e. The molecule has 132 valence electrons. The van der Waals surface area contributed by atoms with Crippen LogP contribution in [0, 0.1) is 0 Å². The third-order valence-corrected chi connectivity index (χ3v) is 4.62. The number of para-hydroxylation sites is 1. The lowest BCUT2D eigenvalue weighted by Gasteiger charge is -2.30. The van der Waals surface area contributed by atoms with Gasteiger partial charge in [-0.25, -0.2) is 0 Å². The van der Waals surface area contributed by atoms with E-state index in [2.05, 4.69) is 26.1 Å². The first-order valence-electron chi connectivity index (χ1n) is 8.21. The molecule has 1 saturated heterocycles. The summed E-state index contributed by atoms with van der Waals surface area (Å²) >= 11 is 3.49. The number of carbonyl (C=O) groups excluding carboxylic acids is 1. The fraction of sp³-hybridized carbons (Fsp3) is 0.316.